The van der Waals surface area contributed by atoms with Crippen LogP contribution in [0.25, 0.3) is 0 Å². The molecular formula is C21H19FN2O6S. The van der Waals surface area contributed by atoms with Crippen LogP contribution >= 0.6 is 0 Å². The van der Waals surface area contributed by atoms with E-state index >= 15 is 0 Å². The number of non-ortho nitro benzene ring substituents is 1. The number of sulfonamides is 1. The number of anilines is 1. The number of methoxy groups -OCH3 is 2. The minimum Gasteiger partial charge on any atom is -0.497 e. The van der Waals surface area contributed by atoms with E-state index in [9.17, 15) is 22.9 Å². The van der Waals surface area contributed by atoms with Gasteiger partial charge in [0.05, 0.1) is 36.3 Å². The molecule has 10 heteroatoms. The van der Waals surface area contributed by atoms with Crippen molar-refractivity contribution < 1.29 is 27.2 Å². The largest absolute Gasteiger partial charge is 0.497 e. The highest BCUT2D eigenvalue weighted by molar-refractivity contribution is 7.92. The summed E-state index contributed by atoms with van der Waals surface area (Å²) in [4.78, 5) is 10.2. The summed E-state index contributed by atoms with van der Waals surface area (Å²) in [5.74, 6) is 0.250. The van der Waals surface area contributed by atoms with Crippen molar-refractivity contribution in [2.45, 2.75) is 11.4 Å². The van der Waals surface area contributed by atoms with E-state index in [1.54, 1.807) is 6.07 Å². The van der Waals surface area contributed by atoms with Crippen molar-refractivity contribution in [3.63, 3.8) is 0 Å². The number of hydrogen-bond acceptors (Lipinski definition) is 6. The van der Waals surface area contributed by atoms with Gasteiger partial charge in [-0.1, -0.05) is 18.2 Å². The monoisotopic (exact) mass is 446 g/mol. The zero-order valence-electron chi connectivity index (χ0n) is 16.7. The summed E-state index contributed by atoms with van der Waals surface area (Å²) in [6, 6.07) is 14.7. The third-order valence-electron chi connectivity index (χ3n) is 4.48. The van der Waals surface area contributed by atoms with Gasteiger partial charge in [0, 0.05) is 30.3 Å². The average molecular weight is 446 g/mol. The Bertz CT molecular complexity index is 1180. The lowest BCUT2D eigenvalue weighted by Crippen LogP contribution is -2.30. The summed E-state index contributed by atoms with van der Waals surface area (Å²) < 4.78 is 51.9. The first-order valence-corrected chi connectivity index (χ1v) is 10.4. The quantitative estimate of drug-likeness (QED) is 0.381. The maximum absolute atomic E-state index is 13.5. The maximum Gasteiger partial charge on any atom is 0.270 e. The van der Waals surface area contributed by atoms with Gasteiger partial charge in [0.15, 0.2) is 0 Å². The Morgan fingerprint density at radius 2 is 1.58 bits per heavy atom. The molecule has 0 spiro atoms. The van der Waals surface area contributed by atoms with Crippen LogP contribution in [0.15, 0.2) is 71.6 Å². The predicted molar refractivity (Wildman–Crippen MR) is 112 cm³/mol. The van der Waals surface area contributed by atoms with Crippen LogP contribution in [0.3, 0.4) is 0 Å². The highest BCUT2D eigenvalue weighted by Gasteiger charge is 2.28. The number of halogens is 1. The van der Waals surface area contributed by atoms with Crippen molar-refractivity contribution in [3.8, 4) is 11.5 Å². The highest BCUT2D eigenvalue weighted by atomic mass is 32.2. The van der Waals surface area contributed by atoms with E-state index in [-0.39, 0.29) is 22.8 Å². The molecule has 0 heterocycles. The molecule has 0 fully saturated rings. The summed E-state index contributed by atoms with van der Waals surface area (Å²) in [5, 5.41) is 11.1. The van der Waals surface area contributed by atoms with Crippen molar-refractivity contribution in [1.29, 1.82) is 0 Å². The number of rotatable bonds is 8. The van der Waals surface area contributed by atoms with Crippen LogP contribution < -0.4 is 13.8 Å². The molecule has 162 valence electrons. The van der Waals surface area contributed by atoms with Crippen LogP contribution in [0.2, 0.25) is 0 Å². The lowest BCUT2D eigenvalue weighted by Gasteiger charge is -2.25. The maximum atomic E-state index is 13.5. The molecule has 31 heavy (non-hydrogen) atoms. The Kier molecular flexibility index (Phi) is 6.40. The van der Waals surface area contributed by atoms with E-state index in [1.807, 2.05) is 0 Å². The molecule has 0 saturated heterocycles. The van der Waals surface area contributed by atoms with Gasteiger partial charge in [-0.15, -0.1) is 0 Å². The Balaban J connectivity index is 2.16. The molecule has 0 bridgehead atoms. The highest BCUT2D eigenvalue weighted by Crippen LogP contribution is 2.33. The first kappa shape index (κ1) is 22.0. The zero-order chi connectivity index (χ0) is 22.6. The second-order valence-corrected chi connectivity index (χ2v) is 8.33. The molecule has 0 aliphatic carbocycles. The molecule has 3 rings (SSSR count). The minimum absolute atomic E-state index is 0.151. The number of ether oxygens (including phenoxy) is 2. The Hall–Kier alpha value is -3.66. The third-order valence-corrected chi connectivity index (χ3v) is 6.25. The van der Waals surface area contributed by atoms with E-state index < -0.39 is 20.8 Å². The van der Waals surface area contributed by atoms with E-state index in [0.29, 0.717) is 17.1 Å². The van der Waals surface area contributed by atoms with Crippen LogP contribution in [0.5, 0.6) is 11.5 Å². The molecule has 0 saturated carbocycles. The standard InChI is InChI=1S/C21H19FN2O6S/c1-29-19-10-18(11-20(13-19)30-2)23(14-15-6-8-16(22)9-7-15)31(27,28)21-5-3-4-17(12-21)24(25)26/h3-13H,14H2,1-2H3. The number of nitro benzene ring substituents is 1. The molecule has 3 aromatic rings. The molecule has 0 N–H and O–H groups in total. The Morgan fingerprint density at radius 1 is 0.968 bits per heavy atom. The topological polar surface area (TPSA) is 99.0 Å². The molecular weight excluding hydrogens is 427 g/mol. The molecule has 3 aromatic carbocycles. The smallest absolute Gasteiger partial charge is 0.270 e. The predicted octanol–water partition coefficient (Wildman–Crippen LogP) is 4.15. The Morgan fingerprint density at radius 3 is 2.13 bits per heavy atom. The lowest BCUT2D eigenvalue weighted by molar-refractivity contribution is -0.385. The fourth-order valence-electron chi connectivity index (χ4n) is 2.89. The van der Waals surface area contributed by atoms with Gasteiger partial charge in [0.25, 0.3) is 15.7 Å². The molecule has 0 aliphatic heterocycles. The van der Waals surface area contributed by atoms with Gasteiger partial charge in [0.2, 0.25) is 0 Å². The summed E-state index contributed by atoms with van der Waals surface area (Å²) in [6.07, 6.45) is 0. The lowest BCUT2D eigenvalue weighted by atomic mass is 10.2. The average Bonchev–Trinajstić information content (AvgIpc) is 2.78. The summed E-state index contributed by atoms with van der Waals surface area (Å²) in [6.45, 7) is -0.151. The second kappa shape index (κ2) is 9.00. The number of nitro groups is 1. The van der Waals surface area contributed by atoms with Gasteiger partial charge in [-0.2, -0.15) is 0 Å². The van der Waals surface area contributed by atoms with Crippen molar-refractivity contribution in [2.75, 3.05) is 18.5 Å². The fraction of sp³-hybridized carbons (Fsp3) is 0.143. The van der Waals surface area contributed by atoms with E-state index in [0.717, 1.165) is 10.4 Å². The Labute approximate surface area is 178 Å². The van der Waals surface area contributed by atoms with E-state index in [2.05, 4.69) is 0 Å². The zero-order valence-corrected chi connectivity index (χ0v) is 17.5. The van der Waals surface area contributed by atoms with E-state index in [4.69, 9.17) is 9.47 Å². The van der Waals surface area contributed by atoms with Crippen molar-refractivity contribution in [3.05, 3.63) is 88.2 Å². The molecule has 0 atom stereocenters. The van der Waals surface area contributed by atoms with Gasteiger partial charge in [-0.05, 0) is 23.8 Å². The van der Waals surface area contributed by atoms with Gasteiger partial charge < -0.3 is 9.47 Å². The molecule has 0 radical (unpaired) electrons. The van der Waals surface area contributed by atoms with Crippen LogP contribution in [-0.2, 0) is 16.6 Å². The van der Waals surface area contributed by atoms with Gasteiger partial charge in [0.1, 0.15) is 17.3 Å². The molecule has 0 aromatic heterocycles. The van der Waals surface area contributed by atoms with Gasteiger partial charge >= 0.3 is 0 Å². The van der Waals surface area contributed by atoms with Crippen LogP contribution in [0, 0.1) is 15.9 Å². The second-order valence-electron chi connectivity index (χ2n) is 6.46. The van der Waals surface area contributed by atoms with Crippen LogP contribution in [0.4, 0.5) is 15.8 Å². The number of nitrogens with zero attached hydrogens (tertiary/aromatic N) is 2. The fourth-order valence-corrected chi connectivity index (χ4v) is 4.37. The summed E-state index contributed by atoms with van der Waals surface area (Å²) in [5.41, 5.74) is 0.371. The summed E-state index contributed by atoms with van der Waals surface area (Å²) in [7, 11) is -1.39. The molecule has 0 unspecified atom stereocenters. The van der Waals surface area contributed by atoms with Crippen LogP contribution in [-0.4, -0.2) is 27.6 Å². The van der Waals surface area contributed by atoms with Crippen molar-refractivity contribution in [2.24, 2.45) is 0 Å². The number of benzene rings is 3. The van der Waals surface area contributed by atoms with Gasteiger partial charge in [-0.25, -0.2) is 12.8 Å². The molecule has 8 nitrogen and oxygen atoms in total. The molecule has 0 amide bonds. The van der Waals surface area contributed by atoms with Gasteiger partial charge in [-0.3, -0.25) is 14.4 Å². The van der Waals surface area contributed by atoms with Crippen LogP contribution in [0.1, 0.15) is 5.56 Å². The first-order chi connectivity index (χ1) is 14.7. The van der Waals surface area contributed by atoms with E-state index in [1.165, 1.54) is 68.8 Å². The summed E-state index contributed by atoms with van der Waals surface area (Å²) >= 11 is 0. The third kappa shape index (κ3) is 4.92. The molecule has 0 aliphatic rings. The first-order valence-electron chi connectivity index (χ1n) is 8.99. The van der Waals surface area contributed by atoms with Crippen molar-refractivity contribution >= 4 is 21.4 Å². The normalized spacial score (nSPS) is 11.1. The number of hydrogen-bond donors (Lipinski definition) is 0. The minimum atomic E-state index is -4.24. The SMILES string of the molecule is COc1cc(OC)cc(N(Cc2ccc(F)cc2)S(=O)(=O)c2cccc([N+](=O)[O-])c2)c1. The van der Waals surface area contributed by atoms with Crippen molar-refractivity contribution in [1.82, 2.24) is 0 Å².